The van der Waals surface area contributed by atoms with E-state index in [1.54, 1.807) is 0 Å². The van der Waals surface area contributed by atoms with Gasteiger partial charge in [0, 0.05) is 0 Å². The van der Waals surface area contributed by atoms with Gasteiger partial charge in [0.05, 0.1) is 32.8 Å². The Labute approximate surface area is 124 Å². The third-order valence-electron chi connectivity index (χ3n) is 2.51. The van der Waals surface area contributed by atoms with Crippen LogP contribution in [-0.2, 0) is 0 Å². The molecule has 10 nitrogen and oxygen atoms in total. The fourth-order valence-electron chi connectivity index (χ4n) is 1.76. The molecule has 1 rings (SSSR count). The van der Waals surface area contributed by atoms with Crippen LogP contribution in [0.4, 0.5) is 0 Å². The molecule has 0 aromatic heterocycles. The molecule has 5 N–H and O–H groups in total. The molecular formula is C11H5ClO10. The van der Waals surface area contributed by atoms with Crippen LogP contribution in [0.1, 0.15) is 51.8 Å². The van der Waals surface area contributed by atoms with Gasteiger partial charge in [0.15, 0.2) is 0 Å². The van der Waals surface area contributed by atoms with E-state index in [-0.39, 0.29) is 0 Å². The lowest BCUT2D eigenvalue weighted by atomic mass is 9.91. The Morgan fingerprint density at radius 1 is 0.500 bits per heavy atom. The highest BCUT2D eigenvalue weighted by Crippen LogP contribution is 2.33. The van der Waals surface area contributed by atoms with E-state index in [4.69, 9.17) is 37.1 Å². The number of carboxylic acids is 5. The van der Waals surface area contributed by atoms with E-state index in [0.29, 0.717) is 0 Å². The molecule has 11 heteroatoms. The van der Waals surface area contributed by atoms with Crippen LogP contribution in [0.2, 0.25) is 5.02 Å². The monoisotopic (exact) mass is 332 g/mol. The molecule has 0 bridgehead atoms. The van der Waals surface area contributed by atoms with E-state index >= 15 is 0 Å². The maximum atomic E-state index is 11.2. The smallest absolute Gasteiger partial charge is 0.338 e. The normalized spacial score (nSPS) is 10.0. The summed E-state index contributed by atoms with van der Waals surface area (Å²) in [7, 11) is 0. The molecule has 0 fully saturated rings. The van der Waals surface area contributed by atoms with Crippen LogP contribution in [0.25, 0.3) is 0 Å². The summed E-state index contributed by atoms with van der Waals surface area (Å²) in [5, 5.41) is 43.7. The molecule has 0 amide bonds. The first kappa shape index (κ1) is 16.9. The van der Waals surface area contributed by atoms with E-state index < -0.39 is 62.7 Å². The van der Waals surface area contributed by atoms with Crippen LogP contribution in [0.3, 0.4) is 0 Å². The van der Waals surface area contributed by atoms with Gasteiger partial charge in [0.1, 0.15) is 0 Å². The second kappa shape index (κ2) is 5.69. The van der Waals surface area contributed by atoms with Crippen molar-refractivity contribution < 1.29 is 49.5 Å². The summed E-state index contributed by atoms with van der Waals surface area (Å²) in [5.74, 6) is -10.3. The van der Waals surface area contributed by atoms with E-state index in [1.807, 2.05) is 0 Å². The Kier molecular flexibility index (Phi) is 4.38. The van der Waals surface area contributed by atoms with Gasteiger partial charge in [-0.25, -0.2) is 24.0 Å². The van der Waals surface area contributed by atoms with Crippen LogP contribution >= 0.6 is 11.6 Å². The van der Waals surface area contributed by atoms with Crippen molar-refractivity contribution in [2.45, 2.75) is 0 Å². The highest BCUT2D eigenvalue weighted by atomic mass is 35.5. The van der Waals surface area contributed by atoms with Crippen molar-refractivity contribution in [3.8, 4) is 0 Å². The molecule has 1 aromatic carbocycles. The first-order chi connectivity index (χ1) is 10.0. The van der Waals surface area contributed by atoms with Crippen LogP contribution in [0, 0.1) is 0 Å². The topological polar surface area (TPSA) is 186 Å². The van der Waals surface area contributed by atoms with Gasteiger partial charge < -0.3 is 25.5 Å². The van der Waals surface area contributed by atoms with E-state index in [0.717, 1.165) is 0 Å². The van der Waals surface area contributed by atoms with E-state index in [2.05, 4.69) is 0 Å². The summed E-state index contributed by atoms with van der Waals surface area (Å²) < 4.78 is 0. The minimum Gasteiger partial charge on any atom is -0.478 e. The molecule has 116 valence electrons. The molecule has 0 spiro atoms. The minimum absolute atomic E-state index is 1.19. The van der Waals surface area contributed by atoms with Crippen LogP contribution in [0.5, 0.6) is 0 Å². The van der Waals surface area contributed by atoms with Gasteiger partial charge in [-0.15, -0.1) is 0 Å². The first-order valence-electron chi connectivity index (χ1n) is 5.08. The second-order valence-corrected chi connectivity index (χ2v) is 4.09. The molecule has 22 heavy (non-hydrogen) atoms. The molecule has 0 saturated carbocycles. The molecule has 0 aliphatic rings. The Hall–Kier alpha value is -3.14. The highest BCUT2D eigenvalue weighted by Gasteiger charge is 2.37. The molecule has 0 radical (unpaired) electrons. The number of aromatic carboxylic acids is 5. The Morgan fingerprint density at radius 2 is 0.682 bits per heavy atom. The van der Waals surface area contributed by atoms with Crippen LogP contribution in [-0.4, -0.2) is 55.4 Å². The lowest BCUT2D eigenvalue weighted by molar-refractivity contribution is 0.0609. The van der Waals surface area contributed by atoms with Gasteiger partial charge in [0.25, 0.3) is 0 Å². The maximum absolute atomic E-state index is 11.2. The molecule has 1 aromatic rings. The highest BCUT2D eigenvalue weighted by molar-refractivity contribution is 6.39. The minimum atomic E-state index is -2.13. The number of carboxylic acid groups (broad SMARTS) is 5. The van der Waals surface area contributed by atoms with Gasteiger partial charge in [-0.2, -0.15) is 0 Å². The first-order valence-corrected chi connectivity index (χ1v) is 5.46. The quantitative estimate of drug-likeness (QED) is 0.516. The number of hydrogen-bond acceptors (Lipinski definition) is 5. The third-order valence-corrected chi connectivity index (χ3v) is 2.89. The molecular weight excluding hydrogens is 328 g/mol. The predicted octanol–water partition coefficient (Wildman–Crippen LogP) is 0.831. The summed E-state index contributed by atoms with van der Waals surface area (Å²) in [6, 6.07) is 0. The summed E-state index contributed by atoms with van der Waals surface area (Å²) in [4.78, 5) is 55.6. The molecule has 0 heterocycles. The second-order valence-electron chi connectivity index (χ2n) is 3.71. The van der Waals surface area contributed by atoms with Crippen molar-refractivity contribution in [1.82, 2.24) is 0 Å². The fourth-order valence-corrected chi connectivity index (χ4v) is 2.11. The molecule has 0 unspecified atom stereocenters. The number of benzene rings is 1. The summed E-state index contributed by atoms with van der Waals surface area (Å²) >= 11 is 5.49. The van der Waals surface area contributed by atoms with Gasteiger partial charge in [-0.3, -0.25) is 0 Å². The number of hydrogen-bond donors (Lipinski definition) is 5. The van der Waals surface area contributed by atoms with Crippen molar-refractivity contribution in [2.24, 2.45) is 0 Å². The Balaban J connectivity index is 4.31. The summed E-state index contributed by atoms with van der Waals surface area (Å²) in [6.45, 7) is 0. The average molecular weight is 333 g/mol. The van der Waals surface area contributed by atoms with Crippen molar-refractivity contribution in [1.29, 1.82) is 0 Å². The van der Waals surface area contributed by atoms with Crippen molar-refractivity contribution in [2.75, 3.05) is 0 Å². The molecule has 0 atom stereocenters. The maximum Gasteiger partial charge on any atom is 0.338 e. The van der Waals surface area contributed by atoms with Gasteiger partial charge in [0.2, 0.25) is 0 Å². The van der Waals surface area contributed by atoms with Gasteiger partial charge in [-0.1, -0.05) is 11.6 Å². The van der Waals surface area contributed by atoms with Gasteiger partial charge in [-0.05, 0) is 0 Å². The fraction of sp³-hybridized carbons (Fsp3) is 0. The van der Waals surface area contributed by atoms with Crippen LogP contribution < -0.4 is 0 Å². The molecule has 0 aliphatic carbocycles. The number of rotatable bonds is 5. The van der Waals surface area contributed by atoms with Crippen molar-refractivity contribution >= 4 is 41.4 Å². The standard InChI is InChI=1S/C11H5ClO10/c12-6-4(10(19)20)2(8(15)16)1(7(13)14)3(9(17)18)5(6)11(21)22/h(H,13,14)(H,15,16)(H,17,18)(H,19,20)(H,21,22). The van der Waals surface area contributed by atoms with Crippen molar-refractivity contribution in [3.63, 3.8) is 0 Å². The van der Waals surface area contributed by atoms with E-state index in [9.17, 15) is 24.0 Å². The molecule has 0 saturated heterocycles. The summed E-state index contributed by atoms with van der Waals surface area (Å²) in [6.07, 6.45) is 0. The lowest BCUT2D eigenvalue weighted by Crippen LogP contribution is -2.24. The number of halogens is 1. The zero-order valence-corrected chi connectivity index (χ0v) is 10.9. The Morgan fingerprint density at radius 3 is 0.864 bits per heavy atom. The number of carbonyl (C=O) groups is 5. The SMILES string of the molecule is O=C(O)c1c(Cl)c(C(=O)O)c(C(=O)O)c(C(=O)O)c1C(=O)O. The lowest BCUT2D eigenvalue weighted by Gasteiger charge is -2.14. The summed E-state index contributed by atoms with van der Waals surface area (Å²) in [5.41, 5.74) is -6.98. The largest absolute Gasteiger partial charge is 0.478 e. The predicted molar refractivity (Wildman–Crippen MR) is 66.2 cm³/mol. The molecule has 0 aliphatic heterocycles. The Bertz CT molecular complexity index is 695. The van der Waals surface area contributed by atoms with E-state index in [1.165, 1.54) is 0 Å². The third kappa shape index (κ3) is 2.54. The zero-order chi connectivity index (χ0) is 17.4. The van der Waals surface area contributed by atoms with Gasteiger partial charge >= 0.3 is 29.8 Å². The van der Waals surface area contributed by atoms with Crippen molar-refractivity contribution in [3.05, 3.63) is 32.8 Å². The van der Waals surface area contributed by atoms with Crippen LogP contribution in [0.15, 0.2) is 0 Å². The average Bonchev–Trinajstić information content (AvgIpc) is 2.34. The zero-order valence-electron chi connectivity index (χ0n) is 10.2.